The van der Waals surface area contributed by atoms with Gasteiger partial charge in [0.2, 0.25) is 5.91 Å². The van der Waals surface area contributed by atoms with Crippen molar-refractivity contribution >= 4 is 5.91 Å². The third-order valence-electron chi connectivity index (χ3n) is 3.55. The first-order valence-corrected chi connectivity index (χ1v) is 6.73. The van der Waals surface area contributed by atoms with Crippen molar-refractivity contribution in [2.45, 2.75) is 32.7 Å². The van der Waals surface area contributed by atoms with E-state index >= 15 is 0 Å². The van der Waals surface area contributed by atoms with E-state index in [0.717, 1.165) is 19.4 Å². The predicted molar refractivity (Wildman–Crippen MR) is 71.4 cm³/mol. The first kappa shape index (κ1) is 13.1. The smallest absolute Gasteiger partial charge is 0.249 e. The van der Waals surface area contributed by atoms with Crippen LogP contribution in [0.25, 0.3) is 0 Å². The third-order valence-corrected chi connectivity index (χ3v) is 3.55. The average molecular weight is 247 g/mol. The largest absolute Gasteiger partial charge is 0.372 e. The molecule has 0 aromatic heterocycles. The molecule has 0 spiro atoms. The predicted octanol–water partition coefficient (Wildman–Crippen LogP) is 2.56. The van der Waals surface area contributed by atoms with Gasteiger partial charge >= 0.3 is 0 Å². The molecule has 0 saturated carbocycles. The summed E-state index contributed by atoms with van der Waals surface area (Å²) >= 11 is 0. The topological polar surface area (TPSA) is 29.5 Å². The molecule has 0 saturated heterocycles. The fourth-order valence-electron chi connectivity index (χ4n) is 2.66. The summed E-state index contributed by atoms with van der Waals surface area (Å²) in [5, 5.41) is 0. The van der Waals surface area contributed by atoms with E-state index in [-0.39, 0.29) is 18.6 Å². The Kier molecular flexibility index (Phi) is 4.37. The average Bonchev–Trinajstić information content (AvgIpc) is 2.43. The monoisotopic (exact) mass is 247 g/mol. The molecule has 1 atom stereocenters. The van der Waals surface area contributed by atoms with Crippen molar-refractivity contribution in [3.8, 4) is 0 Å². The quantitative estimate of drug-likeness (QED) is 0.818. The van der Waals surface area contributed by atoms with Crippen LogP contribution in [0.1, 0.15) is 37.4 Å². The molecule has 3 heteroatoms. The number of amides is 1. The van der Waals surface area contributed by atoms with E-state index in [0.29, 0.717) is 6.61 Å². The fourth-order valence-corrected chi connectivity index (χ4v) is 2.66. The molecule has 18 heavy (non-hydrogen) atoms. The van der Waals surface area contributed by atoms with Gasteiger partial charge in [0, 0.05) is 13.2 Å². The summed E-state index contributed by atoms with van der Waals surface area (Å²) in [6.45, 7) is 5.65. The molecule has 1 amide bonds. The summed E-state index contributed by atoms with van der Waals surface area (Å²) in [5.41, 5.74) is 2.68. The maximum Gasteiger partial charge on any atom is 0.249 e. The highest BCUT2D eigenvalue weighted by molar-refractivity contribution is 5.78. The van der Waals surface area contributed by atoms with Gasteiger partial charge in [-0.1, -0.05) is 31.2 Å². The summed E-state index contributed by atoms with van der Waals surface area (Å²) in [7, 11) is 0. The van der Waals surface area contributed by atoms with Crippen LogP contribution in [0.3, 0.4) is 0 Å². The summed E-state index contributed by atoms with van der Waals surface area (Å²) in [5.74, 6) is 0.109. The number of hydrogen-bond donors (Lipinski definition) is 0. The number of benzene rings is 1. The van der Waals surface area contributed by atoms with Crippen molar-refractivity contribution in [1.82, 2.24) is 4.90 Å². The van der Waals surface area contributed by atoms with Crippen LogP contribution < -0.4 is 0 Å². The van der Waals surface area contributed by atoms with Crippen molar-refractivity contribution in [3.63, 3.8) is 0 Å². The van der Waals surface area contributed by atoms with E-state index < -0.39 is 0 Å². The van der Waals surface area contributed by atoms with E-state index in [9.17, 15) is 4.79 Å². The van der Waals surface area contributed by atoms with Crippen molar-refractivity contribution in [1.29, 1.82) is 0 Å². The number of ether oxygens (including phenoxy) is 1. The molecular weight excluding hydrogens is 226 g/mol. The Morgan fingerprint density at radius 1 is 1.39 bits per heavy atom. The first-order valence-electron chi connectivity index (χ1n) is 6.73. The van der Waals surface area contributed by atoms with Gasteiger partial charge in [0.15, 0.2) is 0 Å². The molecule has 0 N–H and O–H groups in total. The minimum absolute atomic E-state index is 0.109. The Bertz CT molecular complexity index is 417. The van der Waals surface area contributed by atoms with Crippen molar-refractivity contribution in [2.75, 3.05) is 19.8 Å². The number of hydrogen-bond acceptors (Lipinski definition) is 2. The van der Waals surface area contributed by atoms with Gasteiger partial charge in [-0.2, -0.15) is 0 Å². The molecule has 1 aliphatic rings. The molecule has 0 bridgehead atoms. The zero-order valence-electron chi connectivity index (χ0n) is 11.2. The van der Waals surface area contributed by atoms with Gasteiger partial charge in [-0.25, -0.2) is 0 Å². The number of carbonyl (C=O) groups is 1. The van der Waals surface area contributed by atoms with Gasteiger partial charge < -0.3 is 9.64 Å². The summed E-state index contributed by atoms with van der Waals surface area (Å²) in [6.07, 6.45) is 1.90. The SMILES string of the molecule is CCOCC(=O)N1CCc2ccccc2C1CC. The number of nitrogens with zero attached hydrogens (tertiary/aromatic N) is 1. The van der Waals surface area contributed by atoms with Crippen LogP contribution >= 0.6 is 0 Å². The van der Waals surface area contributed by atoms with Crippen LogP contribution in [0.2, 0.25) is 0 Å². The zero-order valence-corrected chi connectivity index (χ0v) is 11.2. The van der Waals surface area contributed by atoms with Crippen molar-refractivity contribution < 1.29 is 9.53 Å². The van der Waals surface area contributed by atoms with Crippen LogP contribution in [-0.4, -0.2) is 30.6 Å². The number of rotatable bonds is 4. The maximum absolute atomic E-state index is 12.1. The molecule has 0 fully saturated rings. The molecule has 3 nitrogen and oxygen atoms in total. The Morgan fingerprint density at radius 2 is 2.17 bits per heavy atom. The molecule has 1 heterocycles. The van der Waals surface area contributed by atoms with Gasteiger partial charge in [0.1, 0.15) is 6.61 Å². The molecular formula is C15H21NO2. The number of carbonyl (C=O) groups excluding carboxylic acids is 1. The van der Waals surface area contributed by atoms with Gasteiger partial charge in [0.05, 0.1) is 6.04 Å². The lowest BCUT2D eigenvalue weighted by atomic mass is 9.91. The molecule has 1 aliphatic heterocycles. The van der Waals surface area contributed by atoms with Crippen LogP contribution in [0.15, 0.2) is 24.3 Å². The normalized spacial score (nSPS) is 18.6. The molecule has 1 aromatic carbocycles. The lowest BCUT2D eigenvalue weighted by Gasteiger charge is -2.37. The van der Waals surface area contributed by atoms with Crippen molar-refractivity contribution in [2.24, 2.45) is 0 Å². The Hall–Kier alpha value is -1.35. The van der Waals surface area contributed by atoms with Gasteiger partial charge in [-0.15, -0.1) is 0 Å². The van der Waals surface area contributed by atoms with Gasteiger partial charge in [0.25, 0.3) is 0 Å². The Morgan fingerprint density at radius 3 is 2.89 bits per heavy atom. The zero-order chi connectivity index (χ0) is 13.0. The van der Waals surface area contributed by atoms with E-state index in [1.54, 1.807) is 0 Å². The lowest BCUT2D eigenvalue weighted by Crippen LogP contribution is -2.41. The van der Waals surface area contributed by atoms with Crippen LogP contribution in [-0.2, 0) is 16.0 Å². The molecule has 1 unspecified atom stereocenters. The van der Waals surface area contributed by atoms with Crippen molar-refractivity contribution in [3.05, 3.63) is 35.4 Å². The fraction of sp³-hybridized carbons (Fsp3) is 0.533. The van der Waals surface area contributed by atoms with E-state index in [2.05, 4.69) is 31.2 Å². The van der Waals surface area contributed by atoms with Crippen LogP contribution in [0, 0.1) is 0 Å². The van der Waals surface area contributed by atoms with Crippen LogP contribution in [0.5, 0.6) is 0 Å². The second kappa shape index (κ2) is 6.01. The van der Waals surface area contributed by atoms with E-state index in [1.165, 1.54) is 11.1 Å². The maximum atomic E-state index is 12.1. The molecule has 98 valence electrons. The minimum Gasteiger partial charge on any atom is -0.372 e. The first-order chi connectivity index (χ1) is 8.77. The minimum atomic E-state index is 0.109. The molecule has 1 aromatic rings. The second-order valence-electron chi connectivity index (χ2n) is 4.60. The van der Waals surface area contributed by atoms with Gasteiger partial charge in [-0.3, -0.25) is 4.79 Å². The lowest BCUT2D eigenvalue weighted by molar-refractivity contribution is -0.139. The Balaban J connectivity index is 2.17. The summed E-state index contributed by atoms with van der Waals surface area (Å²) in [4.78, 5) is 14.1. The van der Waals surface area contributed by atoms with Gasteiger partial charge in [-0.05, 0) is 30.9 Å². The molecule has 2 rings (SSSR count). The summed E-state index contributed by atoms with van der Waals surface area (Å²) in [6, 6.07) is 8.65. The molecule has 0 aliphatic carbocycles. The highest BCUT2D eigenvalue weighted by atomic mass is 16.5. The third kappa shape index (κ3) is 2.56. The summed E-state index contributed by atoms with van der Waals surface area (Å²) < 4.78 is 5.24. The Labute approximate surface area is 109 Å². The van der Waals surface area contributed by atoms with E-state index in [1.807, 2.05) is 11.8 Å². The number of fused-ring (bicyclic) bond motifs is 1. The second-order valence-corrected chi connectivity index (χ2v) is 4.60. The standard InChI is InChI=1S/C15H21NO2/c1-3-14-13-8-6-5-7-12(13)9-10-16(14)15(17)11-18-4-2/h5-8,14H,3-4,9-11H2,1-2H3. The highest BCUT2D eigenvalue weighted by Gasteiger charge is 2.28. The highest BCUT2D eigenvalue weighted by Crippen LogP contribution is 2.31. The van der Waals surface area contributed by atoms with E-state index in [4.69, 9.17) is 4.74 Å². The van der Waals surface area contributed by atoms with Crippen LogP contribution in [0.4, 0.5) is 0 Å². The molecule has 0 radical (unpaired) electrons.